The zero-order valence-corrected chi connectivity index (χ0v) is 11.0. The summed E-state index contributed by atoms with van der Waals surface area (Å²) in [6.07, 6.45) is -4.46. The molecule has 0 N–H and O–H groups in total. The van der Waals surface area contributed by atoms with Crippen molar-refractivity contribution in [2.45, 2.75) is 32.0 Å². The molecule has 0 radical (unpaired) electrons. The van der Waals surface area contributed by atoms with E-state index in [1.54, 1.807) is 26.1 Å². The van der Waals surface area contributed by atoms with Crippen molar-refractivity contribution in [1.29, 1.82) is 0 Å². The van der Waals surface area contributed by atoms with Gasteiger partial charge in [0.1, 0.15) is 5.75 Å². The molecule has 1 aromatic heterocycles. The summed E-state index contributed by atoms with van der Waals surface area (Å²) in [5.41, 5.74) is 1.40. The SMILES string of the molecule is COc1c(C2COC(C(F)(F)F)C2C)ccnc1C. The van der Waals surface area contributed by atoms with E-state index in [0.717, 1.165) is 5.56 Å². The minimum atomic E-state index is -4.33. The molecule has 3 nitrogen and oxygen atoms in total. The van der Waals surface area contributed by atoms with Crippen LogP contribution in [0.2, 0.25) is 0 Å². The number of halogens is 3. The fourth-order valence-corrected chi connectivity index (χ4v) is 2.62. The molecule has 106 valence electrons. The molecule has 19 heavy (non-hydrogen) atoms. The molecular formula is C13H16F3NO2. The zero-order chi connectivity index (χ0) is 14.2. The first kappa shape index (κ1) is 14.1. The number of pyridine rings is 1. The van der Waals surface area contributed by atoms with Crippen molar-refractivity contribution in [2.75, 3.05) is 13.7 Å². The Bertz CT molecular complexity index is 462. The van der Waals surface area contributed by atoms with Crippen LogP contribution < -0.4 is 4.74 Å². The molecule has 0 amide bonds. The van der Waals surface area contributed by atoms with E-state index in [1.165, 1.54) is 7.11 Å². The van der Waals surface area contributed by atoms with Gasteiger partial charge >= 0.3 is 6.18 Å². The van der Waals surface area contributed by atoms with Gasteiger partial charge in [0.05, 0.1) is 19.4 Å². The van der Waals surface area contributed by atoms with Gasteiger partial charge in [-0.3, -0.25) is 4.98 Å². The normalized spacial score (nSPS) is 27.6. The van der Waals surface area contributed by atoms with Crippen LogP contribution >= 0.6 is 0 Å². The first-order valence-corrected chi connectivity index (χ1v) is 6.04. The first-order valence-electron chi connectivity index (χ1n) is 6.04. The standard InChI is InChI=1S/C13H16F3NO2/c1-7-10(6-19-12(7)13(14,15)16)9-4-5-17-8(2)11(9)18-3/h4-5,7,10,12H,6H2,1-3H3. The highest BCUT2D eigenvalue weighted by atomic mass is 19.4. The number of ether oxygens (including phenoxy) is 2. The van der Waals surface area contributed by atoms with Crippen molar-refractivity contribution in [3.8, 4) is 5.75 Å². The highest BCUT2D eigenvalue weighted by Crippen LogP contribution is 2.44. The Hall–Kier alpha value is -1.30. The minimum Gasteiger partial charge on any atom is -0.495 e. The predicted molar refractivity (Wildman–Crippen MR) is 63.2 cm³/mol. The molecule has 2 rings (SSSR count). The maximum absolute atomic E-state index is 12.8. The maximum Gasteiger partial charge on any atom is 0.414 e. The number of hydrogen-bond acceptors (Lipinski definition) is 3. The van der Waals surface area contributed by atoms with Crippen LogP contribution in [0.15, 0.2) is 12.3 Å². The van der Waals surface area contributed by atoms with Crippen LogP contribution in [0.4, 0.5) is 13.2 Å². The molecule has 0 spiro atoms. The van der Waals surface area contributed by atoms with Gasteiger partial charge in [-0.05, 0) is 13.0 Å². The Labute approximate surface area is 109 Å². The van der Waals surface area contributed by atoms with E-state index in [0.29, 0.717) is 11.4 Å². The topological polar surface area (TPSA) is 31.4 Å². The molecule has 1 fully saturated rings. The second kappa shape index (κ2) is 5.00. The summed E-state index contributed by atoms with van der Waals surface area (Å²) in [6.45, 7) is 3.38. The molecule has 0 aromatic carbocycles. The lowest BCUT2D eigenvalue weighted by Crippen LogP contribution is -2.33. The molecule has 6 heteroatoms. The van der Waals surface area contributed by atoms with Crippen molar-refractivity contribution >= 4 is 0 Å². The van der Waals surface area contributed by atoms with Crippen LogP contribution in [0, 0.1) is 12.8 Å². The number of alkyl halides is 3. The molecule has 1 aliphatic rings. The molecule has 1 aromatic rings. The van der Waals surface area contributed by atoms with Gasteiger partial charge in [-0.1, -0.05) is 6.92 Å². The monoisotopic (exact) mass is 275 g/mol. The number of aromatic nitrogens is 1. The van der Waals surface area contributed by atoms with E-state index in [9.17, 15) is 13.2 Å². The Balaban J connectivity index is 2.32. The summed E-state index contributed by atoms with van der Waals surface area (Å²) in [7, 11) is 1.50. The lowest BCUT2D eigenvalue weighted by molar-refractivity contribution is -0.215. The largest absolute Gasteiger partial charge is 0.495 e. The lowest BCUT2D eigenvalue weighted by atomic mass is 9.86. The van der Waals surface area contributed by atoms with Crippen LogP contribution in [0.3, 0.4) is 0 Å². The third-order valence-electron chi connectivity index (χ3n) is 3.61. The van der Waals surface area contributed by atoms with E-state index < -0.39 is 18.2 Å². The number of hydrogen-bond donors (Lipinski definition) is 0. The van der Waals surface area contributed by atoms with Crippen molar-refractivity contribution in [2.24, 2.45) is 5.92 Å². The van der Waals surface area contributed by atoms with Gasteiger partial charge in [0, 0.05) is 23.6 Å². The van der Waals surface area contributed by atoms with Gasteiger partial charge < -0.3 is 9.47 Å². The van der Waals surface area contributed by atoms with Crippen LogP contribution in [-0.4, -0.2) is 31.0 Å². The molecule has 1 aliphatic heterocycles. The van der Waals surface area contributed by atoms with Crippen LogP contribution in [0.1, 0.15) is 24.1 Å². The highest BCUT2D eigenvalue weighted by Gasteiger charge is 2.51. The van der Waals surface area contributed by atoms with E-state index in [4.69, 9.17) is 9.47 Å². The Morgan fingerprint density at radius 3 is 2.63 bits per heavy atom. The summed E-state index contributed by atoms with van der Waals surface area (Å²) in [5, 5.41) is 0. The Morgan fingerprint density at radius 2 is 2.11 bits per heavy atom. The van der Waals surface area contributed by atoms with Gasteiger partial charge in [0.2, 0.25) is 0 Å². The zero-order valence-electron chi connectivity index (χ0n) is 11.0. The fourth-order valence-electron chi connectivity index (χ4n) is 2.62. The molecule has 1 saturated heterocycles. The van der Waals surface area contributed by atoms with E-state index in [-0.39, 0.29) is 12.5 Å². The van der Waals surface area contributed by atoms with Crippen LogP contribution in [0.5, 0.6) is 5.75 Å². The average molecular weight is 275 g/mol. The van der Waals surface area contributed by atoms with E-state index in [2.05, 4.69) is 4.98 Å². The van der Waals surface area contributed by atoms with E-state index >= 15 is 0 Å². The lowest BCUT2D eigenvalue weighted by Gasteiger charge is -2.22. The van der Waals surface area contributed by atoms with Crippen molar-refractivity contribution < 1.29 is 22.6 Å². The quantitative estimate of drug-likeness (QED) is 0.831. The van der Waals surface area contributed by atoms with Gasteiger partial charge in [0.15, 0.2) is 6.10 Å². The molecule has 3 atom stereocenters. The van der Waals surface area contributed by atoms with Gasteiger partial charge in [-0.15, -0.1) is 0 Å². The average Bonchev–Trinajstić information content (AvgIpc) is 2.70. The molecule has 0 aliphatic carbocycles. The molecule has 0 saturated carbocycles. The maximum atomic E-state index is 12.8. The molecule has 2 heterocycles. The number of methoxy groups -OCH3 is 1. The second-order valence-corrected chi connectivity index (χ2v) is 4.78. The summed E-state index contributed by atoms with van der Waals surface area (Å²) < 4.78 is 48.6. The minimum absolute atomic E-state index is 0.0468. The van der Waals surface area contributed by atoms with Crippen LogP contribution in [0.25, 0.3) is 0 Å². The summed E-state index contributed by atoms with van der Waals surface area (Å²) in [4.78, 5) is 4.09. The Kier molecular flexibility index (Phi) is 3.71. The van der Waals surface area contributed by atoms with Crippen molar-refractivity contribution in [1.82, 2.24) is 4.98 Å². The predicted octanol–water partition coefficient (Wildman–Crippen LogP) is 3.08. The third-order valence-corrected chi connectivity index (χ3v) is 3.61. The fraction of sp³-hybridized carbons (Fsp3) is 0.615. The second-order valence-electron chi connectivity index (χ2n) is 4.78. The van der Waals surface area contributed by atoms with E-state index in [1.807, 2.05) is 0 Å². The van der Waals surface area contributed by atoms with Crippen molar-refractivity contribution in [3.05, 3.63) is 23.5 Å². The first-order chi connectivity index (χ1) is 8.86. The summed E-state index contributed by atoms with van der Waals surface area (Å²) >= 11 is 0. The van der Waals surface area contributed by atoms with Crippen LogP contribution in [-0.2, 0) is 4.74 Å². The highest BCUT2D eigenvalue weighted by molar-refractivity contribution is 5.39. The Morgan fingerprint density at radius 1 is 1.42 bits per heavy atom. The number of rotatable bonds is 2. The van der Waals surface area contributed by atoms with Gasteiger partial charge in [-0.25, -0.2) is 0 Å². The molecule has 0 bridgehead atoms. The summed E-state index contributed by atoms with van der Waals surface area (Å²) in [6, 6.07) is 1.70. The van der Waals surface area contributed by atoms with Gasteiger partial charge in [0.25, 0.3) is 0 Å². The third kappa shape index (κ3) is 2.54. The number of aryl methyl sites for hydroxylation is 1. The van der Waals surface area contributed by atoms with Crippen molar-refractivity contribution in [3.63, 3.8) is 0 Å². The molecular weight excluding hydrogens is 259 g/mol. The molecule has 3 unspecified atom stereocenters. The smallest absolute Gasteiger partial charge is 0.414 e. The summed E-state index contributed by atoms with van der Waals surface area (Å²) in [5.74, 6) is -0.426. The van der Waals surface area contributed by atoms with Gasteiger partial charge in [-0.2, -0.15) is 13.2 Å². The number of nitrogens with zero attached hydrogens (tertiary/aromatic N) is 1.